The number of hydroxylamine groups is 1. The fraction of sp³-hybridized carbons (Fsp3) is 0.188. The van der Waals surface area contributed by atoms with Crippen molar-refractivity contribution in [3.63, 3.8) is 0 Å². The van der Waals surface area contributed by atoms with Gasteiger partial charge in [0.15, 0.2) is 17.6 Å². The Balaban J connectivity index is 1.33. The molecule has 2 heterocycles. The average molecular weight is 521 g/mol. The minimum atomic E-state index is -0.911. The van der Waals surface area contributed by atoms with Gasteiger partial charge in [0, 0.05) is 0 Å². The molecule has 6 rings (SSSR count). The van der Waals surface area contributed by atoms with Crippen molar-refractivity contribution in [2.75, 3.05) is 12.2 Å². The number of anilines is 1. The van der Waals surface area contributed by atoms with Gasteiger partial charge in [-0.15, -0.1) is 0 Å². The molecule has 2 aliphatic rings. The summed E-state index contributed by atoms with van der Waals surface area (Å²) in [6.07, 6.45) is -0.911. The van der Waals surface area contributed by atoms with E-state index in [2.05, 4.69) is 0 Å². The summed E-state index contributed by atoms with van der Waals surface area (Å²) in [5.74, 6) is -0.154. The van der Waals surface area contributed by atoms with Crippen LogP contribution in [0.1, 0.15) is 22.7 Å². The Morgan fingerprint density at radius 1 is 0.744 bits per heavy atom. The van der Waals surface area contributed by atoms with Crippen LogP contribution in [-0.4, -0.2) is 29.9 Å². The Hall–Kier alpha value is -4.62. The Morgan fingerprint density at radius 2 is 1.38 bits per heavy atom. The number of methoxy groups -OCH3 is 1. The zero-order valence-electron chi connectivity index (χ0n) is 21.5. The zero-order valence-corrected chi connectivity index (χ0v) is 21.5. The summed E-state index contributed by atoms with van der Waals surface area (Å²) < 4.78 is 11.7. The largest absolute Gasteiger partial charge is 0.493 e. The lowest BCUT2D eigenvalue weighted by Gasteiger charge is -2.29. The fourth-order valence-electron chi connectivity index (χ4n) is 5.25. The summed E-state index contributed by atoms with van der Waals surface area (Å²) in [6.45, 7) is 0.605. The van der Waals surface area contributed by atoms with E-state index in [1.165, 1.54) is 4.90 Å². The Bertz CT molecular complexity index is 1460. The van der Waals surface area contributed by atoms with E-state index in [-0.39, 0.29) is 18.4 Å². The van der Waals surface area contributed by atoms with E-state index in [0.29, 0.717) is 18.1 Å². The normalized spacial score (nSPS) is 20.3. The number of carbonyl (C=O) groups excluding carboxylic acids is 2. The molecular weight excluding hydrogens is 492 g/mol. The van der Waals surface area contributed by atoms with E-state index >= 15 is 0 Å². The van der Waals surface area contributed by atoms with Gasteiger partial charge in [-0.3, -0.25) is 19.3 Å². The zero-order chi connectivity index (χ0) is 26.8. The second-order valence-electron chi connectivity index (χ2n) is 9.59. The first kappa shape index (κ1) is 24.7. The summed E-state index contributed by atoms with van der Waals surface area (Å²) in [5, 5.41) is 1.68. The van der Waals surface area contributed by atoms with E-state index in [9.17, 15) is 9.59 Å². The van der Waals surface area contributed by atoms with Crippen molar-refractivity contribution >= 4 is 17.5 Å². The molecule has 196 valence electrons. The minimum absolute atomic E-state index is 0.211. The molecule has 7 heteroatoms. The number of carbonyl (C=O) groups is 2. The van der Waals surface area contributed by atoms with Crippen LogP contribution in [0.4, 0.5) is 5.69 Å². The third-order valence-corrected chi connectivity index (χ3v) is 7.17. The smallest absolute Gasteiger partial charge is 0.262 e. The molecule has 2 aliphatic heterocycles. The maximum atomic E-state index is 13.8. The van der Waals surface area contributed by atoms with E-state index in [1.807, 2.05) is 109 Å². The maximum absolute atomic E-state index is 13.8. The van der Waals surface area contributed by atoms with Crippen molar-refractivity contribution in [2.24, 2.45) is 5.92 Å². The van der Waals surface area contributed by atoms with Gasteiger partial charge in [-0.1, -0.05) is 84.9 Å². The molecule has 0 spiro atoms. The lowest BCUT2D eigenvalue weighted by atomic mass is 9.90. The van der Waals surface area contributed by atoms with E-state index in [1.54, 1.807) is 12.2 Å². The van der Waals surface area contributed by atoms with Crippen molar-refractivity contribution in [3.05, 3.63) is 126 Å². The Morgan fingerprint density at radius 3 is 2.05 bits per heavy atom. The number of likely N-dealkylation sites (tertiary alicyclic amines) is 1. The van der Waals surface area contributed by atoms with E-state index in [4.69, 9.17) is 14.3 Å². The molecular formula is C32H28N2O5. The first-order valence-corrected chi connectivity index (χ1v) is 12.9. The van der Waals surface area contributed by atoms with Gasteiger partial charge in [0.05, 0.1) is 25.4 Å². The van der Waals surface area contributed by atoms with Gasteiger partial charge in [-0.2, -0.15) is 0 Å². The molecule has 2 fully saturated rings. The second-order valence-corrected chi connectivity index (χ2v) is 9.59. The molecule has 0 radical (unpaired) electrons. The first-order valence-electron chi connectivity index (χ1n) is 12.9. The molecule has 2 amide bonds. The molecule has 7 nitrogen and oxygen atoms in total. The van der Waals surface area contributed by atoms with Crippen LogP contribution >= 0.6 is 0 Å². The maximum Gasteiger partial charge on any atom is 0.262 e. The fourth-order valence-corrected chi connectivity index (χ4v) is 5.25. The molecule has 4 aromatic carbocycles. The van der Waals surface area contributed by atoms with Gasteiger partial charge < -0.3 is 9.47 Å². The summed E-state index contributed by atoms with van der Waals surface area (Å²) in [6, 6.07) is 34.0. The molecule has 0 saturated carbocycles. The molecule has 2 saturated heterocycles. The van der Waals surface area contributed by atoms with E-state index < -0.39 is 18.1 Å². The molecule has 0 aromatic heterocycles. The predicted molar refractivity (Wildman–Crippen MR) is 146 cm³/mol. The second kappa shape index (κ2) is 10.6. The molecule has 39 heavy (non-hydrogen) atoms. The molecule has 3 atom stereocenters. The Kier molecular flexibility index (Phi) is 6.73. The first-order chi connectivity index (χ1) is 19.1. The average Bonchev–Trinajstić information content (AvgIpc) is 3.49. The highest BCUT2D eigenvalue weighted by atomic mass is 16.7. The van der Waals surface area contributed by atoms with Gasteiger partial charge in [0.1, 0.15) is 12.5 Å². The van der Waals surface area contributed by atoms with Crippen LogP contribution < -0.4 is 14.5 Å². The van der Waals surface area contributed by atoms with Crippen molar-refractivity contribution in [2.45, 2.75) is 25.3 Å². The molecule has 0 unspecified atom stereocenters. The lowest BCUT2D eigenvalue weighted by Crippen LogP contribution is -2.36. The van der Waals surface area contributed by atoms with Gasteiger partial charge in [-0.25, -0.2) is 5.06 Å². The third-order valence-electron chi connectivity index (χ3n) is 7.17. The topological polar surface area (TPSA) is 68.3 Å². The molecule has 0 N–H and O–H groups in total. The van der Waals surface area contributed by atoms with Gasteiger partial charge in [0.2, 0.25) is 5.91 Å². The molecule has 0 bridgehead atoms. The lowest BCUT2D eigenvalue weighted by molar-refractivity contribution is -0.143. The van der Waals surface area contributed by atoms with Crippen molar-refractivity contribution in [1.29, 1.82) is 0 Å². The van der Waals surface area contributed by atoms with Crippen molar-refractivity contribution < 1.29 is 23.9 Å². The molecule has 4 aromatic rings. The highest BCUT2D eigenvalue weighted by Crippen LogP contribution is 2.48. The van der Waals surface area contributed by atoms with Crippen LogP contribution in [0.2, 0.25) is 0 Å². The quantitative estimate of drug-likeness (QED) is 0.293. The third kappa shape index (κ3) is 4.73. The predicted octanol–water partition coefficient (Wildman–Crippen LogP) is 5.32. The van der Waals surface area contributed by atoms with E-state index in [0.717, 1.165) is 22.4 Å². The van der Waals surface area contributed by atoms with Crippen LogP contribution in [0.3, 0.4) is 0 Å². The Labute approximate surface area is 227 Å². The summed E-state index contributed by atoms with van der Waals surface area (Å²) in [4.78, 5) is 34.8. The number of nitrogens with zero attached hydrogens (tertiary/aromatic N) is 2. The van der Waals surface area contributed by atoms with Crippen molar-refractivity contribution in [3.8, 4) is 11.5 Å². The number of hydrogen-bond acceptors (Lipinski definition) is 6. The van der Waals surface area contributed by atoms with Crippen LogP contribution in [0.15, 0.2) is 109 Å². The van der Waals surface area contributed by atoms with Crippen LogP contribution in [0, 0.1) is 5.92 Å². The standard InChI is InChI=1S/C32H28N2O5/c1-37-27-19-24(17-18-26(27)38-21-23-13-7-3-8-14-23)29-28-30(39-34(29)25-15-9-4-10-16-25)32(36)33(31(28)35)20-22-11-5-2-6-12-22/h2-19,28-30H,20-21H2,1H3/t28-,29-,30+/m1/s1. The number of fused-ring (bicyclic) bond motifs is 1. The number of ether oxygens (including phenoxy) is 2. The monoisotopic (exact) mass is 520 g/mol. The summed E-state index contributed by atoms with van der Waals surface area (Å²) >= 11 is 0. The molecule has 0 aliphatic carbocycles. The highest BCUT2D eigenvalue weighted by molar-refractivity contribution is 6.07. The van der Waals surface area contributed by atoms with Crippen LogP contribution in [-0.2, 0) is 27.6 Å². The SMILES string of the molecule is COc1cc([C@@H]2[C@H]3C(=O)N(Cc4ccccc4)C(=O)[C@H]3ON2c2ccccc2)ccc1OCc1ccccc1. The minimum Gasteiger partial charge on any atom is -0.493 e. The van der Waals surface area contributed by atoms with Gasteiger partial charge in [0.25, 0.3) is 5.91 Å². The number of rotatable bonds is 8. The summed E-state index contributed by atoms with van der Waals surface area (Å²) in [7, 11) is 1.59. The van der Waals surface area contributed by atoms with Gasteiger partial charge in [-0.05, 0) is 41.0 Å². The number of hydrogen-bond donors (Lipinski definition) is 0. The number of benzene rings is 4. The van der Waals surface area contributed by atoms with Crippen LogP contribution in [0.5, 0.6) is 11.5 Å². The number of para-hydroxylation sites is 1. The van der Waals surface area contributed by atoms with Crippen molar-refractivity contribution in [1.82, 2.24) is 4.90 Å². The number of amides is 2. The number of imide groups is 1. The summed E-state index contributed by atoms with van der Waals surface area (Å²) in [5.41, 5.74) is 3.48. The van der Waals surface area contributed by atoms with Gasteiger partial charge >= 0.3 is 0 Å². The highest BCUT2D eigenvalue weighted by Gasteiger charge is 2.59. The van der Waals surface area contributed by atoms with Crippen LogP contribution in [0.25, 0.3) is 0 Å².